The van der Waals surface area contributed by atoms with Gasteiger partial charge in [-0.05, 0) is 61.5 Å². The number of rotatable bonds is 4. The van der Waals surface area contributed by atoms with Crippen LogP contribution in [0.3, 0.4) is 0 Å². The Hall–Kier alpha value is -3.46. The lowest BCUT2D eigenvalue weighted by molar-refractivity contribution is -0.136. The SMILES string of the molecule is O=C1CCC(N2Cc3cc(C4CCN(Cc5cccc6c5OCO6)CC4)c(F)cc3C2=O)C(=O)N1. The minimum atomic E-state index is -0.698. The Morgan fingerprint density at radius 3 is 2.69 bits per heavy atom. The van der Waals surface area contributed by atoms with E-state index >= 15 is 4.39 Å². The maximum atomic E-state index is 15.2. The first-order chi connectivity index (χ1) is 17.0. The number of para-hydroxylation sites is 1. The van der Waals surface area contributed by atoms with Crippen molar-refractivity contribution in [3.05, 3.63) is 58.4 Å². The summed E-state index contributed by atoms with van der Waals surface area (Å²) < 4.78 is 26.2. The number of nitrogens with zero attached hydrogens (tertiary/aromatic N) is 2. The molecule has 1 atom stereocenters. The highest BCUT2D eigenvalue weighted by atomic mass is 19.1. The maximum absolute atomic E-state index is 15.2. The van der Waals surface area contributed by atoms with Crippen LogP contribution >= 0.6 is 0 Å². The third kappa shape index (κ3) is 3.93. The zero-order chi connectivity index (χ0) is 24.1. The van der Waals surface area contributed by atoms with Gasteiger partial charge in [0.05, 0.1) is 0 Å². The van der Waals surface area contributed by atoms with Crippen LogP contribution in [0.2, 0.25) is 0 Å². The summed E-state index contributed by atoms with van der Waals surface area (Å²) in [6.45, 7) is 2.91. The lowest BCUT2D eigenvalue weighted by Crippen LogP contribution is -2.52. The lowest BCUT2D eigenvalue weighted by Gasteiger charge is -2.32. The molecule has 0 spiro atoms. The van der Waals surface area contributed by atoms with E-state index in [9.17, 15) is 14.4 Å². The van der Waals surface area contributed by atoms with Gasteiger partial charge < -0.3 is 14.4 Å². The van der Waals surface area contributed by atoms with Crippen LogP contribution < -0.4 is 14.8 Å². The van der Waals surface area contributed by atoms with Crippen LogP contribution in [0.4, 0.5) is 4.39 Å². The fourth-order valence-electron chi connectivity index (χ4n) is 5.68. The second kappa shape index (κ2) is 8.64. The molecular formula is C26H26FN3O5. The van der Waals surface area contributed by atoms with Crippen LogP contribution in [0.15, 0.2) is 30.3 Å². The standard InChI is InChI=1S/C26H26FN3O5/c27-20-11-19-17(13-30(26(19)33)21-4-5-23(31)28-25(21)32)10-18(20)15-6-8-29(9-7-15)12-16-2-1-3-22-24(16)35-14-34-22/h1-3,10-11,15,21H,4-9,12-14H2,(H,28,31,32). The van der Waals surface area contributed by atoms with Gasteiger partial charge in [0, 0.05) is 30.6 Å². The van der Waals surface area contributed by atoms with E-state index in [-0.39, 0.29) is 43.3 Å². The molecule has 0 aromatic heterocycles. The molecule has 9 heteroatoms. The minimum absolute atomic E-state index is 0.0670. The number of piperidine rings is 2. The molecule has 2 saturated heterocycles. The Labute approximate surface area is 202 Å². The second-order valence-electron chi connectivity index (χ2n) is 9.63. The Morgan fingerprint density at radius 1 is 1.06 bits per heavy atom. The highest BCUT2D eigenvalue weighted by molar-refractivity contribution is 6.05. The summed E-state index contributed by atoms with van der Waals surface area (Å²) >= 11 is 0. The van der Waals surface area contributed by atoms with Crippen molar-refractivity contribution in [1.82, 2.24) is 15.1 Å². The molecule has 4 aliphatic rings. The molecule has 0 saturated carbocycles. The Morgan fingerprint density at radius 2 is 1.89 bits per heavy atom. The van der Waals surface area contributed by atoms with Crippen LogP contribution in [0.1, 0.15) is 58.6 Å². The molecule has 2 aromatic rings. The van der Waals surface area contributed by atoms with Gasteiger partial charge in [0.15, 0.2) is 11.5 Å². The number of hydrogen-bond donors (Lipinski definition) is 1. The number of carbonyl (C=O) groups is 3. The van der Waals surface area contributed by atoms with Crippen molar-refractivity contribution in [2.75, 3.05) is 19.9 Å². The number of amides is 3. The Kier molecular flexibility index (Phi) is 5.44. The number of ether oxygens (including phenoxy) is 2. The minimum Gasteiger partial charge on any atom is -0.454 e. The van der Waals surface area contributed by atoms with E-state index in [4.69, 9.17) is 9.47 Å². The van der Waals surface area contributed by atoms with Crippen molar-refractivity contribution >= 4 is 17.7 Å². The zero-order valence-electron chi connectivity index (χ0n) is 19.2. The molecule has 0 radical (unpaired) electrons. The third-order valence-electron chi connectivity index (χ3n) is 7.54. The highest BCUT2D eigenvalue weighted by Gasteiger charge is 2.40. The van der Waals surface area contributed by atoms with Gasteiger partial charge in [-0.2, -0.15) is 0 Å². The number of nitrogens with one attached hydrogen (secondary N) is 1. The summed E-state index contributed by atoms with van der Waals surface area (Å²) in [7, 11) is 0. The van der Waals surface area contributed by atoms with E-state index in [1.54, 1.807) is 0 Å². The van der Waals surface area contributed by atoms with Crippen molar-refractivity contribution in [3.63, 3.8) is 0 Å². The van der Waals surface area contributed by atoms with Crippen molar-refractivity contribution in [2.24, 2.45) is 0 Å². The summed E-state index contributed by atoms with van der Waals surface area (Å²) in [6, 6.07) is 8.36. The van der Waals surface area contributed by atoms with Gasteiger partial charge in [0.25, 0.3) is 5.91 Å². The number of halogens is 1. The number of imide groups is 1. The van der Waals surface area contributed by atoms with Crippen molar-refractivity contribution in [1.29, 1.82) is 0 Å². The molecule has 8 nitrogen and oxygen atoms in total. The van der Waals surface area contributed by atoms with Gasteiger partial charge in [-0.25, -0.2) is 4.39 Å². The van der Waals surface area contributed by atoms with Crippen LogP contribution in [-0.4, -0.2) is 53.4 Å². The van der Waals surface area contributed by atoms with E-state index in [0.717, 1.165) is 55.1 Å². The summed E-state index contributed by atoms with van der Waals surface area (Å²) in [6.07, 6.45) is 2.11. The molecule has 1 N–H and O–H groups in total. The van der Waals surface area contributed by atoms with Gasteiger partial charge in [-0.1, -0.05) is 18.2 Å². The van der Waals surface area contributed by atoms with Crippen LogP contribution in [0, 0.1) is 5.82 Å². The first kappa shape index (κ1) is 22.0. The fraction of sp³-hybridized carbons (Fsp3) is 0.423. The summed E-state index contributed by atoms with van der Waals surface area (Å²) in [5.41, 5.74) is 2.79. The lowest BCUT2D eigenvalue weighted by atomic mass is 9.87. The highest BCUT2D eigenvalue weighted by Crippen LogP contribution is 2.38. The van der Waals surface area contributed by atoms with Gasteiger partial charge in [0.1, 0.15) is 11.9 Å². The predicted octanol–water partition coefficient (Wildman–Crippen LogP) is 2.70. The molecule has 2 fully saturated rings. The van der Waals surface area contributed by atoms with Gasteiger partial charge in [0.2, 0.25) is 18.6 Å². The second-order valence-corrected chi connectivity index (χ2v) is 9.63. The van der Waals surface area contributed by atoms with Crippen LogP contribution in [0.5, 0.6) is 11.5 Å². The van der Waals surface area contributed by atoms with E-state index in [1.165, 1.54) is 11.0 Å². The monoisotopic (exact) mass is 479 g/mol. The third-order valence-corrected chi connectivity index (χ3v) is 7.54. The molecule has 4 aliphatic heterocycles. The number of fused-ring (bicyclic) bond motifs is 2. The maximum Gasteiger partial charge on any atom is 0.255 e. The zero-order valence-corrected chi connectivity index (χ0v) is 19.2. The number of likely N-dealkylation sites (tertiary alicyclic amines) is 1. The molecular weight excluding hydrogens is 453 g/mol. The van der Waals surface area contributed by atoms with Crippen LogP contribution in [0.25, 0.3) is 0 Å². The first-order valence-corrected chi connectivity index (χ1v) is 12.0. The molecule has 2 aromatic carbocycles. The average Bonchev–Trinajstić information content (AvgIpc) is 3.45. The molecule has 182 valence electrons. The largest absolute Gasteiger partial charge is 0.454 e. The van der Waals surface area contributed by atoms with E-state index < -0.39 is 11.9 Å². The van der Waals surface area contributed by atoms with E-state index in [0.29, 0.717) is 17.5 Å². The molecule has 3 amide bonds. The molecule has 6 rings (SSSR count). The summed E-state index contributed by atoms with van der Waals surface area (Å²) in [5.74, 6) is 0.146. The first-order valence-electron chi connectivity index (χ1n) is 12.0. The molecule has 0 bridgehead atoms. The number of carbonyl (C=O) groups excluding carboxylic acids is 3. The normalized spacial score (nSPS) is 22.5. The van der Waals surface area contributed by atoms with Crippen molar-refractivity contribution in [2.45, 2.75) is 50.7 Å². The molecule has 4 heterocycles. The number of hydrogen-bond acceptors (Lipinski definition) is 6. The topological polar surface area (TPSA) is 88.2 Å². The van der Waals surface area contributed by atoms with E-state index in [2.05, 4.69) is 10.2 Å². The van der Waals surface area contributed by atoms with Gasteiger partial charge in [-0.3, -0.25) is 24.6 Å². The average molecular weight is 480 g/mol. The summed E-state index contributed by atoms with van der Waals surface area (Å²) in [5, 5.41) is 2.30. The Balaban J connectivity index is 1.14. The molecule has 0 aliphatic carbocycles. The molecule has 1 unspecified atom stereocenters. The van der Waals surface area contributed by atoms with Gasteiger partial charge >= 0.3 is 0 Å². The molecule has 35 heavy (non-hydrogen) atoms. The smallest absolute Gasteiger partial charge is 0.255 e. The summed E-state index contributed by atoms with van der Waals surface area (Å²) in [4.78, 5) is 40.5. The van der Waals surface area contributed by atoms with Crippen LogP contribution in [-0.2, 0) is 22.7 Å². The number of benzene rings is 2. The van der Waals surface area contributed by atoms with Crippen molar-refractivity contribution in [3.8, 4) is 11.5 Å². The Bertz CT molecular complexity index is 1220. The van der Waals surface area contributed by atoms with Crippen molar-refractivity contribution < 1.29 is 28.2 Å². The fourth-order valence-corrected chi connectivity index (χ4v) is 5.68. The predicted molar refractivity (Wildman–Crippen MR) is 122 cm³/mol. The van der Waals surface area contributed by atoms with E-state index in [1.807, 2.05) is 24.3 Å². The quantitative estimate of drug-likeness (QED) is 0.679. The van der Waals surface area contributed by atoms with Gasteiger partial charge in [-0.15, -0.1) is 0 Å².